The summed E-state index contributed by atoms with van der Waals surface area (Å²) in [5.41, 5.74) is 0. The lowest BCUT2D eigenvalue weighted by Gasteiger charge is -2.32. The Balaban J connectivity index is 0.000000243. The zero-order valence-corrected chi connectivity index (χ0v) is 58.3. The highest BCUT2D eigenvalue weighted by Crippen LogP contribution is 2.62. The topological polar surface area (TPSA) is 217 Å². The van der Waals surface area contributed by atoms with Gasteiger partial charge in [-0.1, -0.05) is 54.0 Å². The van der Waals surface area contributed by atoms with E-state index in [-0.39, 0.29) is 72.4 Å². The van der Waals surface area contributed by atoms with Crippen molar-refractivity contribution >= 4 is 47.8 Å². The Morgan fingerprint density at radius 2 is 0.653 bits per heavy atom. The molecule has 0 aromatic rings. The summed E-state index contributed by atoms with van der Waals surface area (Å²) in [4.78, 5) is 103. The molecular weight excluding hydrogens is 1210 g/mol. The first-order valence-electron chi connectivity index (χ1n) is 37.2. The van der Waals surface area contributed by atoms with Crippen LogP contribution in [0.25, 0.3) is 0 Å². The maximum Gasteiger partial charge on any atom is 0.330 e. The Hall–Kier alpha value is -5.36. The molecule has 0 N–H and O–H groups in total. The smallest absolute Gasteiger partial charge is 0.330 e. The molecule has 9 fully saturated rings. The van der Waals surface area contributed by atoms with Crippen LogP contribution in [0.3, 0.4) is 0 Å². The fourth-order valence-corrected chi connectivity index (χ4v) is 19.4. The number of hydrogen-bond acceptors (Lipinski definition) is 18. The van der Waals surface area contributed by atoms with Crippen LogP contribution < -0.4 is 0 Å². The molecule has 532 valence electrons. The molecular formula is C77H118N2O16. The van der Waals surface area contributed by atoms with E-state index in [9.17, 15) is 38.4 Å². The van der Waals surface area contributed by atoms with Crippen LogP contribution in [0, 0.1) is 118 Å². The Labute approximate surface area is 567 Å². The number of esters is 8. The summed E-state index contributed by atoms with van der Waals surface area (Å²) in [6.07, 6.45) is 26.9. The Morgan fingerprint density at radius 1 is 0.337 bits per heavy atom. The third kappa shape index (κ3) is 22.6. The lowest BCUT2D eigenvalue weighted by Crippen LogP contribution is -2.35. The molecule has 0 spiro atoms. The van der Waals surface area contributed by atoms with Gasteiger partial charge in [0.15, 0.2) is 0 Å². The highest BCUT2D eigenvalue weighted by molar-refractivity contribution is 5.82. The van der Waals surface area contributed by atoms with E-state index in [1.807, 2.05) is 0 Å². The fraction of sp³-hybridized carbons (Fsp3) is 0.792. The molecule has 0 heterocycles. The van der Waals surface area contributed by atoms with E-state index in [1.54, 1.807) is 0 Å². The van der Waals surface area contributed by atoms with Gasteiger partial charge in [-0.05, 0) is 268 Å². The molecule has 20 unspecified atom stereocenters. The summed E-state index contributed by atoms with van der Waals surface area (Å²) in [5.74, 6) is 6.47. The van der Waals surface area contributed by atoms with Gasteiger partial charge in [0.25, 0.3) is 0 Å². The Bertz CT molecular complexity index is 2560. The number of rotatable bonds is 36. The largest absolute Gasteiger partial charge is 0.465 e. The molecule has 0 aromatic carbocycles. The van der Waals surface area contributed by atoms with Crippen LogP contribution in [0.4, 0.5) is 0 Å². The normalized spacial score (nSPS) is 32.1. The molecule has 9 saturated carbocycles. The molecule has 9 aliphatic rings. The van der Waals surface area contributed by atoms with Crippen molar-refractivity contribution in [3.8, 4) is 0 Å². The highest BCUT2D eigenvalue weighted by Gasteiger charge is 2.56. The van der Waals surface area contributed by atoms with Crippen LogP contribution in [-0.2, 0) is 76.3 Å². The number of hydrogen-bond donors (Lipinski definition) is 0. The van der Waals surface area contributed by atoms with Crippen LogP contribution in [0.5, 0.6) is 0 Å². The molecule has 0 radical (unpaired) electrons. The number of ether oxygens (including phenoxy) is 8. The number of nitrogens with zero attached hydrogens (tertiary/aromatic N) is 2. The molecule has 0 saturated heterocycles. The first-order valence-corrected chi connectivity index (χ1v) is 37.2. The Kier molecular flexibility index (Phi) is 30.3. The van der Waals surface area contributed by atoms with Crippen molar-refractivity contribution in [3.05, 3.63) is 50.6 Å². The predicted molar refractivity (Wildman–Crippen MR) is 360 cm³/mol. The lowest BCUT2D eigenvalue weighted by molar-refractivity contribution is -0.154. The van der Waals surface area contributed by atoms with E-state index in [2.05, 4.69) is 63.8 Å². The van der Waals surface area contributed by atoms with Crippen molar-refractivity contribution in [2.75, 3.05) is 92.1 Å². The molecule has 0 aliphatic heterocycles. The SMILES string of the molecule is C=CC(=O)OCC1CC2CCC(COC(=O)C(CCC(=O)OCC3CC4C5CC(COC(=O)C=C)C(C5)C4C3)CN(CC)CC)CC2C1.C=CC(=O)OCC1CCC2CC(COC(=O)CCC(CN(CC)CC)C(=O)OCC3CCC4CC(COC(=O)C=C)CC4C3)CC2C1. The lowest BCUT2D eigenvalue weighted by atomic mass is 9.76. The monoisotopic (exact) mass is 1330 g/mol. The summed E-state index contributed by atoms with van der Waals surface area (Å²) in [6.45, 7) is 30.4. The molecule has 9 aliphatic carbocycles. The third-order valence-corrected chi connectivity index (χ3v) is 24.4. The van der Waals surface area contributed by atoms with Gasteiger partial charge in [0.05, 0.1) is 64.7 Å². The molecule has 20 atom stereocenters. The molecule has 18 nitrogen and oxygen atoms in total. The van der Waals surface area contributed by atoms with Gasteiger partial charge in [0.2, 0.25) is 0 Å². The fourth-order valence-electron chi connectivity index (χ4n) is 19.4. The minimum atomic E-state index is -0.365. The minimum absolute atomic E-state index is 0.204. The van der Waals surface area contributed by atoms with E-state index in [0.29, 0.717) is 185 Å². The van der Waals surface area contributed by atoms with Crippen molar-refractivity contribution < 1.29 is 76.3 Å². The first kappa shape index (κ1) is 75.4. The van der Waals surface area contributed by atoms with Crippen molar-refractivity contribution in [2.24, 2.45) is 118 Å². The van der Waals surface area contributed by atoms with Crippen LogP contribution in [0.1, 0.15) is 175 Å². The van der Waals surface area contributed by atoms with Gasteiger partial charge in [-0.15, -0.1) is 0 Å². The number of carbonyl (C=O) groups is 8. The Morgan fingerprint density at radius 3 is 1.03 bits per heavy atom. The second kappa shape index (κ2) is 38.1. The number of carbonyl (C=O) groups excluding carboxylic acids is 8. The quantitative estimate of drug-likeness (QED) is 0.0324. The van der Waals surface area contributed by atoms with Crippen molar-refractivity contribution in [2.45, 2.75) is 175 Å². The molecule has 0 aromatic heterocycles. The summed E-state index contributed by atoms with van der Waals surface area (Å²) in [6, 6.07) is 0. The predicted octanol–water partition coefficient (Wildman–Crippen LogP) is 12.2. The number of fused-ring (bicyclic) bond motifs is 8. The van der Waals surface area contributed by atoms with Gasteiger partial charge < -0.3 is 47.7 Å². The van der Waals surface area contributed by atoms with Gasteiger partial charge in [0.1, 0.15) is 0 Å². The third-order valence-electron chi connectivity index (χ3n) is 24.4. The van der Waals surface area contributed by atoms with E-state index in [1.165, 1.54) is 30.7 Å². The maximum absolute atomic E-state index is 13.4. The second-order valence-corrected chi connectivity index (χ2v) is 30.3. The van der Waals surface area contributed by atoms with E-state index in [0.717, 1.165) is 142 Å². The van der Waals surface area contributed by atoms with Crippen molar-refractivity contribution in [1.29, 1.82) is 0 Å². The average molecular weight is 1330 g/mol. The first-order chi connectivity index (χ1) is 45.9. The maximum atomic E-state index is 13.4. The summed E-state index contributed by atoms with van der Waals surface area (Å²) < 4.78 is 44.8. The summed E-state index contributed by atoms with van der Waals surface area (Å²) >= 11 is 0. The van der Waals surface area contributed by atoms with Crippen molar-refractivity contribution in [3.63, 3.8) is 0 Å². The van der Waals surface area contributed by atoms with Crippen LogP contribution >= 0.6 is 0 Å². The average Bonchev–Trinajstić information content (AvgIpc) is 1.59. The molecule has 18 heteroatoms. The molecule has 2 bridgehead atoms. The van der Waals surface area contributed by atoms with Gasteiger partial charge in [-0.25, -0.2) is 19.2 Å². The van der Waals surface area contributed by atoms with Crippen LogP contribution in [-0.4, -0.2) is 150 Å². The van der Waals surface area contributed by atoms with Crippen LogP contribution in [0.2, 0.25) is 0 Å². The van der Waals surface area contributed by atoms with Crippen LogP contribution in [0.15, 0.2) is 50.6 Å². The highest BCUT2D eigenvalue weighted by atomic mass is 16.6. The molecule has 0 amide bonds. The minimum Gasteiger partial charge on any atom is -0.465 e. The van der Waals surface area contributed by atoms with Gasteiger partial charge in [-0.3, -0.25) is 19.2 Å². The molecule has 95 heavy (non-hydrogen) atoms. The van der Waals surface area contributed by atoms with E-state index in [4.69, 9.17) is 37.9 Å². The summed E-state index contributed by atoms with van der Waals surface area (Å²) in [7, 11) is 0. The van der Waals surface area contributed by atoms with Crippen molar-refractivity contribution in [1.82, 2.24) is 9.80 Å². The standard InChI is InChI=1S/C39H59NO8.C38H59NO8/c1-5-36(41)45-22-26-14-28-10-9-25(13-30(28)15-26)21-48-39(44)29(20-40(7-3)8-4)11-12-38(43)46-23-27-16-33-31-18-32(24-47-37(42)6-2)34(19-31)35(33)17-27;1-5-35(40)44-22-26-9-11-30-18-29(20-33(30)15-26)25-46-37(42)14-13-32(21-39(7-3)8-4)38(43)47-23-27-10-12-31-17-28(19-34(31)16-27)24-45-36(41)6-2/h5-6,25-35H,1-2,7-24H2,3-4H3;5-6,26-34H,1-2,7-25H2,3-4H3. The zero-order chi connectivity index (χ0) is 68.0. The molecule has 9 rings (SSSR count). The van der Waals surface area contributed by atoms with Gasteiger partial charge in [-0.2, -0.15) is 0 Å². The van der Waals surface area contributed by atoms with E-state index < -0.39 is 0 Å². The van der Waals surface area contributed by atoms with E-state index >= 15 is 0 Å². The van der Waals surface area contributed by atoms with Gasteiger partial charge >= 0.3 is 47.8 Å². The second-order valence-electron chi connectivity index (χ2n) is 30.3. The summed E-state index contributed by atoms with van der Waals surface area (Å²) in [5, 5.41) is 0. The van der Waals surface area contributed by atoms with Gasteiger partial charge in [0, 0.05) is 50.2 Å². The zero-order valence-electron chi connectivity index (χ0n) is 58.3.